The second-order valence-electron chi connectivity index (χ2n) is 5.01. The van der Waals surface area contributed by atoms with E-state index in [-0.39, 0.29) is 12.3 Å². The smallest absolute Gasteiger partial charge is 0.303 e. The molecule has 0 bridgehead atoms. The maximum absolute atomic E-state index is 10.6. The van der Waals surface area contributed by atoms with E-state index in [9.17, 15) is 4.79 Å². The SMILES string of the molecule is CC(CC(=O)O)Cc1ccc(-c2cnn(C)c2)cc1. The molecule has 1 aromatic heterocycles. The van der Waals surface area contributed by atoms with Crippen molar-refractivity contribution in [3.63, 3.8) is 0 Å². The van der Waals surface area contributed by atoms with Crippen molar-refractivity contribution >= 4 is 5.97 Å². The molecule has 1 atom stereocenters. The predicted molar refractivity (Wildman–Crippen MR) is 73.8 cm³/mol. The average molecular weight is 258 g/mol. The highest BCUT2D eigenvalue weighted by Gasteiger charge is 2.08. The van der Waals surface area contributed by atoms with E-state index in [4.69, 9.17) is 5.11 Å². The summed E-state index contributed by atoms with van der Waals surface area (Å²) in [6.07, 6.45) is 4.81. The quantitative estimate of drug-likeness (QED) is 0.897. The molecule has 0 saturated carbocycles. The van der Waals surface area contributed by atoms with Crippen LogP contribution in [0.25, 0.3) is 11.1 Å². The Morgan fingerprint density at radius 1 is 1.32 bits per heavy atom. The molecule has 0 aliphatic carbocycles. The summed E-state index contributed by atoms with van der Waals surface area (Å²) in [6.45, 7) is 1.96. The molecule has 1 unspecified atom stereocenters. The van der Waals surface area contributed by atoms with E-state index in [0.717, 1.165) is 17.5 Å². The first-order valence-electron chi connectivity index (χ1n) is 6.34. The van der Waals surface area contributed by atoms with Gasteiger partial charge >= 0.3 is 5.97 Å². The second-order valence-corrected chi connectivity index (χ2v) is 5.01. The summed E-state index contributed by atoms with van der Waals surface area (Å²) < 4.78 is 1.78. The van der Waals surface area contributed by atoms with Crippen LogP contribution < -0.4 is 0 Å². The van der Waals surface area contributed by atoms with Gasteiger partial charge in [0.1, 0.15) is 0 Å². The van der Waals surface area contributed by atoms with Gasteiger partial charge in [-0.3, -0.25) is 9.48 Å². The molecule has 1 aromatic carbocycles. The number of hydrogen-bond acceptors (Lipinski definition) is 2. The molecule has 1 heterocycles. The topological polar surface area (TPSA) is 55.1 Å². The molecule has 0 radical (unpaired) electrons. The second kappa shape index (κ2) is 5.69. The highest BCUT2D eigenvalue weighted by Crippen LogP contribution is 2.20. The number of aryl methyl sites for hydroxylation is 1. The van der Waals surface area contributed by atoms with E-state index in [2.05, 4.69) is 29.4 Å². The molecule has 0 saturated heterocycles. The number of benzene rings is 1. The zero-order chi connectivity index (χ0) is 13.8. The molecular formula is C15H18N2O2. The van der Waals surface area contributed by atoms with Crippen LogP contribution >= 0.6 is 0 Å². The van der Waals surface area contributed by atoms with Crippen LogP contribution in [0.3, 0.4) is 0 Å². The zero-order valence-electron chi connectivity index (χ0n) is 11.2. The van der Waals surface area contributed by atoms with Crippen LogP contribution in [0.2, 0.25) is 0 Å². The minimum absolute atomic E-state index is 0.154. The third-order valence-electron chi connectivity index (χ3n) is 3.10. The van der Waals surface area contributed by atoms with Crippen LogP contribution in [0, 0.1) is 5.92 Å². The zero-order valence-corrected chi connectivity index (χ0v) is 11.2. The lowest BCUT2D eigenvalue weighted by Gasteiger charge is -2.09. The molecule has 1 N–H and O–H groups in total. The first-order valence-corrected chi connectivity index (χ1v) is 6.34. The van der Waals surface area contributed by atoms with Crippen molar-refractivity contribution in [3.8, 4) is 11.1 Å². The number of carboxylic acids is 1. The van der Waals surface area contributed by atoms with Crippen molar-refractivity contribution in [2.75, 3.05) is 0 Å². The molecule has 0 aliphatic rings. The Kier molecular flexibility index (Phi) is 4.00. The normalized spacial score (nSPS) is 12.3. The van der Waals surface area contributed by atoms with Crippen molar-refractivity contribution in [3.05, 3.63) is 42.2 Å². The maximum Gasteiger partial charge on any atom is 0.303 e. The van der Waals surface area contributed by atoms with Crippen molar-refractivity contribution in [2.24, 2.45) is 13.0 Å². The van der Waals surface area contributed by atoms with E-state index in [1.165, 1.54) is 5.56 Å². The lowest BCUT2D eigenvalue weighted by atomic mass is 9.97. The Morgan fingerprint density at radius 3 is 2.53 bits per heavy atom. The van der Waals surface area contributed by atoms with Gasteiger partial charge in [0.2, 0.25) is 0 Å². The van der Waals surface area contributed by atoms with Crippen LogP contribution in [0.15, 0.2) is 36.7 Å². The van der Waals surface area contributed by atoms with Crippen LogP contribution in [0.4, 0.5) is 0 Å². The third-order valence-corrected chi connectivity index (χ3v) is 3.10. The first-order chi connectivity index (χ1) is 9.04. The fourth-order valence-corrected chi connectivity index (χ4v) is 2.18. The maximum atomic E-state index is 10.6. The fourth-order valence-electron chi connectivity index (χ4n) is 2.18. The van der Waals surface area contributed by atoms with Crippen molar-refractivity contribution in [1.82, 2.24) is 9.78 Å². The number of rotatable bonds is 5. The van der Waals surface area contributed by atoms with Gasteiger partial charge in [-0.15, -0.1) is 0 Å². The minimum atomic E-state index is -0.737. The van der Waals surface area contributed by atoms with Crippen LogP contribution in [0.1, 0.15) is 18.9 Å². The molecule has 2 aromatic rings. The largest absolute Gasteiger partial charge is 0.481 e. The van der Waals surface area contributed by atoms with Gasteiger partial charge < -0.3 is 5.11 Å². The van der Waals surface area contributed by atoms with Crippen molar-refractivity contribution < 1.29 is 9.90 Å². The molecule has 100 valence electrons. The van der Waals surface area contributed by atoms with E-state index >= 15 is 0 Å². The van der Waals surface area contributed by atoms with Gasteiger partial charge in [0.15, 0.2) is 0 Å². The van der Waals surface area contributed by atoms with Crippen LogP contribution in [-0.4, -0.2) is 20.9 Å². The number of nitrogens with zero attached hydrogens (tertiary/aromatic N) is 2. The Labute approximate surface area is 112 Å². The van der Waals surface area contributed by atoms with E-state index in [1.807, 2.05) is 26.4 Å². The minimum Gasteiger partial charge on any atom is -0.481 e. The van der Waals surface area contributed by atoms with Gasteiger partial charge in [0, 0.05) is 25.2 Å². The summed E-state index contributed by atoms with van der Waals surface area (Å²) in [5.74, 6) is -0.582. The van der Waals surface area contributed by atoms with Gasteiger partial charge in [-0.05, 0) is 23.5 Å². The summed E-state index contributed by atoms with van der Waals surface area (Å²) in [6, 6.07) is 8.22. The number of carboxylic acid groups (broad SMARTS) is 1. The molecule has 0 fully saturated rings. The summed E-state index contributed by atoms with van der Waals surface area (Å²) in [5, 5.41) is 12.9. The third kappa shape index (κ3) is 3.68. The van der Waals surface area contributed by atoms with Crippen molar-refractivity contribution in [1.29, 1.82) is 0 Å². The number of aromatic nitrogens is 2. The Hall–Kier alpha value is -2.10. The van der Waals surface area contributed by atoms with Gasteiger partial charge in [0.05, 0.1) is 6.20 Å². The highest BCUT2D eigenvalue weighted by molar-refractivity contribution is 5.67. The van der Waals surface area contributed by atoms with Crippen LogP contribution in [-0.2, 0) is 18.3 Å². The van der Waals surface area contributed by atoms with Gasteiger partial charge in [-0.2, -0.15) is 5.10 Å². The summed E-state index contributed by atoms with van der Waals surface area (Å²) in [4.78, 5) is 10.6. The molecule has 0 spiro atoms. The number of hydrogen-bond donors (Lipinski definition) is 1. The first kappa shape index (κ1) is 13.3. The van der Waals surface area contributed by atoms with E-state index in [0.29, 0.717) is 0 Å². The molecule has 0 amide bonds. The predicted octanol–water partition coefficient (Wildman–Crippen LogP) is 2.74. The molecule has 19 heavy (non-hydrogen) atoms. The summed E-state index contributed by atoms with van der Waals surface area (Å²) in [5.41, 5.74) is 3.39. The molecule has 4 nitrogen and oxygen atoms in total. The molecule has 4 heteroatoms. The van der Waals surface area contributed by atoms with Gasteiger partial charge in [-0.1, -0.05) is 31.2 Å². The molecular weight excluding hydrogens is 240 g/mol. The lowest BCUT2D eigenvalue weighted by molar-refractivity contribution is -0.137. The standard InChI is InChI=1S/C15H18N2O2/c1-11(8-15(18)19)7-12-3-5-13(6-4-12)14-9-16-17(2)10-14/h3-6,9-11H,7-8H2,1-2H3,(H,18,19). The fraction of sp³-hybridized carbons (Fsp3) is 0.333. The number of carbonyl (C=O) groups is 1. The monoisotopic (exact) mass is 258 g/mol. The Balaban J connectivity index is 2.04. The van der Waals surface area contributed by atoms with E-state index in [1.54, 1.807) is 4.68 Å². The average Bonchev–Trinajstić information content (AvgIpc) is 2.75. The Morgan fingerprint density at radius 2 is 2.00 bits per heavy atom. The van der Waals surface area contributed by atoms with Crippen LogP contribution in [0.5, 0.6) is 0 Å². The van der Waals surface area contributed by atoms with E-state index < -0.39 is 5.97 Å². The Bertz CT molecular complexity index is 558. The highest BCUT2D eigenvalue weighted by atomic mass is 16.4. The molecule has 0 aliphatic heterocycles. The summed E-state index contributed by atoms with van der Waals surface area (Å²) >= 11 is 0. The van der Waals surface area contributed by atoms with Crippen molar-refractivity contribution in [2.45, 2.75) is 19.8 Å². The number of aliphatic carboxylic acids is 1. The summed E-state index contributed by atoms with van der Waals surface area (Å²) in [7, 11) is 1.89. The van der Waals surface area contributed by atoms with Gasteiger partial charge in [0.25, 0.3) is 0 Å². The molecule has 2 rings (SSSR count). The lowest BCUT2D eigenvalue weighted by Crippen LogP contribution is -2.06. The van der Waals surface area contributed by atoms with Gasteiger partial charge in [-0.25, -0.2) is 0 Å².